The number of amides is 4. The third-order valence-electron chi connectivity index (χ3n) is 3.98. The summed E-state index contributed by atoms with van der Waals surface area (Å²) in [7, 11) is 0. The number of carbonyl (C=O) groups excluding carboxylic acids is 4. The lowest BCUT2D eigenvalue weighted by atomic mass is 9.94. The molecule has 0 radical (unpaired) electrons. The van der Waals surface area contributed by atoms with Crippen LogP contribution in [0.4, 0.5) is 0 Å². The van der Waals surface area contributed by atoms with Crippen LogP contribution in [0.2, 0.25) is 0 Å². The minimum Gasteiger partial charge on any atom is -0.297 e. The van der Waals surface area contributed by atoms with Gasteiger partial charge in [0, 0.05) is 0 Å². The van der Waals surface area contributed by atoms with Crippen LogP contribution in [0.5, 0.6) is 0 Å². The van der Waals surface area contributed by atoms with Crippen LogP contribution in [0.25, 0.3) is 0 Å². The molecular formula is C19H26N2O4. The Morgan fingerprint density at radius 1 is 1.20 bits per heavy atom. The molecule has 2 rings (SSSR count). The van der Waals surface area contributed by atoms with Gasteiger partial charge >= 0.3 is 0 Å². The fourth-order valence-electron chi connectivity index (χ4n) is 2.90. The zero-order valence-corrected chi connectivity index (χ0v) is 15.5. The van der Waals surface area contributed by atoms with E-state index in [1.165, 1.54) is 0 Å². The molecule has 25 heavy (non-hydrogen) atoms. The van der Waals surface area contributed by atoms with Crippen LogP contribution >= 0.6 is 0 Å². The maximum absolute atomic E-state index is 12.8. The number of rotatable bonds is 6. The first-order chi connectivity index (χ1) is 11.9. The van der Waals surface area contributed by atoms with Crippen LogP contribution in [-0.4, -0.2) is 35.1 Å². The van der Waals surface area contributed by atoms with Crippen LogP contribution in [0.1, 0.15) is 79.7 Å². The fraction of sp³-hybridized carbons (Fsp3) is 0.474. The minimum atomic E-state index is -0.974. The zero-order valence-electron chi connectivity index (χ0n) is 15.5. The van der Waals surface area contributed by atoms with Crippen molar-refractivity contribution in [3.63, 3.8) is 0 Å². The van der Waals surface area contributed by atoms with Gasteiger partial charge in [-0.1, -0.05) is 53.2 Å². The molecule has 1 aromatic carbocycles. The van der Waals surface area contributed by atoms with Gasteiger partial charge in [-0.25, -0.2) is 0 Å². The predicted molar refractivity (Wildman–Crippen MR) is 95.3 cm³/mol. The van der Waals surface area contributed by atoms with Gasteiger partial charge in [0.25, 0.3) is 11.8 Å². The highest BCUT2D eigenvalue weighted by Crippen LogP contribution is 2.32. The van der Waals surface area contributed by atoms with Crippen LogP contribution in [0.15, 0.2) is 18.2 Å². The number of hydrogen-bond acceptors (Lipinski definition) is 4. The number of fused-ring (bicyclic) bond motifs is 1. The van der Waals surface area contributed by atoms with E-state index in [2.05, 4.69) is 0 Å². The van der Waals surface area contributed by atoms with E-state index in [4.69, 9.17) is 0 Å². The topological polar surface area (TPSA) is 83.6 Å². The quantitative estimate of drug-likeness (QED) is 0.634. The third-order valence-corrected chi connectivity index (χ3v) is 3.98. The molecule has 1 atom stereocenters. The maximum atomic E-state index is 12.8. The van der Waals surface area contributed by atoms with Crippen LogP contribution in [-0.2, 0) is 9.59 Å². The van der Waals surface area contributed by atoms with E-state index in [1.54, 1.807) is 12.1 Å². The van der Waals surface area contributed by atoms with Crippen molar-refractivity contribution >= 4 is 24.1 Å². The van der Waals surface area contributed by atoms with Crippen molar-refractivity contribution in [3.05, 3.63) is 34.9 Å². The second-order valence-electron chi connectivity index (χ2n) is 5.84. The van der Waals surface area contributed by atoms with E-state index in [0.717, 1.165) is 10.5 Å². The number of imide groups is 2. The lowest BCUT2D eigenvalue weighted by molar-refractivity contribution is -0.128. The normalized spacial score (nSPS) is 13.9. The summed E-state index contributed by atoms with van der Waals surface area (Å²) in [4.78, 5) is 49.1. The van der Waals surface area contributed by atoms with Gasteiger partial charge in [-0.3, -0.25) is 29.4 Å². The Morgan fingerprint density at radius 3 is 2.36 bits per heavy atom. The zero-order chi connectivity index (χ0) is 19.1. The highest BCUT2D eigenvalue weighted by atomic mass is 16.2. The second-order valence-corrected chi connectivity index (χ2v) is 5.84. The number of benzene rings is 1. The SMILES string of the molecule is CC.CCCC(C(=O)NC=O)N1C(=O)c2cccc(C(C)C)c2C1=O. The first kappa shape index (κ1) is 20.5. The van der Waals surface area contributed by atoms with Gasteiger partial charge in [0.15, 0.2) is 0 Å². The summed E-state index contributed by atoms with van der Waals surface area (Å²) in [6, 6.07) is 4.18. The molecule has 0 spiro atoms. The van der Waals surface area contributed by atoms with E-state index >= 15 is 0 Å². The van der Waals surface area contributed by atoms with Crippen molar-refractivity contribution in [3.8, 4) is 0 Å². The summed E-state index contributed by atoms with van der Waals surface area (Å²) in [5.74, 6) is -1.50. The molecule has 0 aliphatic carbocycles. The van der Waals surface area contributed by atoms with Crippen molar-refractivity contribution in [2.75, 3.05) is 0 Å². The Hall–Kier alpha value is -2.50. The number of nitrogens with zero attached hydrogens (tertiary/aromatic N) is 1. The highest BCUT2D eigenvalue weighted by Gasteiger charge is 2.43. The molecular weight excluding hydrogens is 320 g/mol. The van der Waals surface area contributed by atoms with Crippen LogP contribution in [0, 0.1) is 0 Å². The molecule has 0 bridgehead atoms. The minimum absolute atomic E-state index is 0.0788. The molecule has 0 saturated heterocycles. The van der Waals surface area contributed by atoms with E-state index < -0.39 is 23.8 Å². The van der Waals surface area contributed by atoms with Gasteiger partial charge in [0.2, 0.25) is 12.3 Å². The van der Waals surface area contributed by atoms with Crippen LogP contribution < -0.4 is 5.32 Å². The largest absolute Gasteiger partial charge is 0.297 e. The summed E-state index contributed by atoms with van der Waals surface area (Å²) in [5, 5.41) is 2.05. The van der Waals surface area contributed by atoms with E-state index in [0.29, 0.717) is 24.0 Å². The predicted octanol–water partition coefficient (Wildman–Crippen LogP) is 2.87. The molecule has 0 aromatic heterocycles. The van der Waals surface area contributed by atoms with Crippen molar-refractivity contribution in [1.82, 2.24) is 10.2 Å². The number of hydrogen-bond donors (Lipinski definition) is 1. The Morgan fingerprint density at radius 2 is 1.84 bits per heavy atom. The number of nitrogens with one attached hydrogen (secondary N) is 1. The Labute approximate surface area is 148 Å². The molecule has 6 heteroatoms. The molecule has 1 aromatic rings. The van der Waals surface area contributed by atoms with E-state index in [9.17, 15) is 19.2 Å². The Balaban J connectivity index is 0.00000151. The summed E-state index contributed by atoms with van der Waals surface area (Å²) in [6.45, 7) is 9.73. The fourth-order valence-corrected chi connectivity index (χ4v) is 2.90. The average molecular weight is 346 g/mol. The van der Waals surface area contributed by atoms with Gasteiger partial charge in [-0.2, -0.15) is 0 Å². The standard InChI is InChI=1S/C17H20N2O4.C2H6/c1-4-6-13(15(21)18-9-20)19-16(22)12-8-5-7-11(10(2)3)14(12)17(19)23;1-2/h5,7-10,13H,4,6H2,1-3H3,(H,18,20,21);1-2H3. The molecule has 6 nitrogen and oxygen atoms in total. The van der Waals surface area contributed by atoms with Gasteiger partial charge in [0.05, 0.1) is 11.1 Å². The molecule has 1 unspecified atom stereocenters. The molecule has 4 amide bonds. The van der Waals surface area contributed by atoms with Crippen molar-refractivity contribution in [1.29, 1.82) is 0 Å². The van der Waals surface area contributed by atoms with Gasteiger partial charge in [-0.05, 0) is 24.0 Å². The van der Waals surface area contributed by atoms with E-state index in [1.807, 2.05) is 46.0 Å². The highest BCUT2D eigenvalue weighted by molar-refractivity contribution is 6.23. The Bertz CT molecular complexity index is 667. The number of carbonyl (C=O) groups is 4. The molecule has 0 fully saturated rings. The van der Waals surface area contributed by atoms with Crippen LogP contribution in [0.3, 0.4) is 0 Å². The average Bonchev–Trinajstić information content (AvgIpc) is 2.86. The van der Waals surface area contributed by atoms with Gasteiger partial charge in [-0.15, -0.1) is 0 Å². The summed E-state index contributed by atoms with van der Waals surface area (Å²) >= 11 is 0. The first-order valence-corrected chi connectivity index (χ1v) is 8.68. The first-order valence-electron chi connectivity index (χ1n) is 8.68. The lowest BCUT2D eigenvalue weighted by Crippen LogP contribution is -2.49. The maximum Gasteiger partial charge on any atom is 0.262 e. The monoisotopic (exact) mass is 346 g/mol. The molecule has 1 aliphatic rings. The molecule has 1 aliphatic heterocycles. The van der Waals surface area contributed by atoms with Crippen molar-refractivity contribution in [2.24, 2.45) is 0 Å². The summed E-state index contributed by atoms with van der Waals surface area (Å²) in [6.07, 6.45) is 1.17. The van der Waals surface area contributed by atoms with Gasteiger partial charge in [0.1, 0.15) is 6.04 Å². The molecule has 1 N–H and O–H groups in total. The second kappa shape index (κ2) is 9.11. The molecule has 1 heterocycles. The Kier molecular flexibility index (Phi) is 7.48. The lowest BCUT2D eigenvalue weighted by Gasteiger charge is -2.24. The molecule has 136 valence electrons. The van der Waals surface area contributed by atoms with Gasteiger partial charge < -0.3 is 0 Å². The van der Waals surface area contributed by atoms with Crippen molar-refractivity contribution < 1.29 is 19.2 Å². The molecule has 0 saturated carbocycles. The van der Waals surface area contributed by atoms with E-state index in [-0.39, 0.29) is 12.3 Å². The summed E-state index contributed by atoms with van der Waals surface area (Å²) < 4.78 is 0. The smallest absolute Gasteiger partial charge is 0.262 e. The summed E-state index contributed by atoms with van der Waals surface area (Å²) in [5.41, 5.74) is 1.48. The van der Waals surface area contributed by atoms with Crippen molar-refractivity contribution in [2.45, 2.75) is 59.4 Å². The third kappa shape index (κ3) is 3.95.